The summed E-state index contributed by atoms with van der Waals surface area (Å²) in [4.78, 5) is 28.0. The number of carbonyl (C=O) groups is 1. The normalized spacial score (nSPS) is 10.8. The zero-order valence-electron chi connectivity index (χ0n) is 13.9. The summed E-state index contributed by atoms with van der Waals surface area (Å²) in [6.45, 7) is 0. The first-order chi connectivity index (χ1) is 12.6. The zero-order valence-corrected chi connectivity index (χ0v) is 13.9. The maximum absolute atomic E-state index is 12.2. The summed E-state index contributed by atoms with van der Waals surface area (Å²) in [5.74, 6) is 0.450. The molecule has 128 valence electrons. The minimum atomic E-state index is -0.403. The monoisotopic (exact) mass is 345 g/mol. The maximum Gasteiger partial charge on any atom is 0.276 e. The molecule has 2 N–H and O–H groups in total. The number of amides is 1. The molecule has 0 spiro atoms. The number of H-pyrrole nitrogens is 1. The predicted octanol–water partition coefficient (Wildman–Crippen LogP) is 2.58. The number of hydrogen-bond acceptors (Lipinski definition) is 4. The molecule has 0 aliphatic carbocycles. The van der Waals surface area contributed by atoms with Crippen molar-refractivity contribution in [1.29, 1.82) is 0 Å². The van der Waals surface area contributed by atoms with E-state index >= 15 is 0 Å². The topological polar surface area (TPSA) is 92.7 Å². The van der Waals surface area contributed by atoms with Crippen molar-refractivity contribution in [3.63, 3.8) is 0 Å². The zero-order chi connectivity index (χ0) is 18.1. The van der Waals surface area contributed by atoms with E-state index in [0.29, 0.717) is 5.69 Å². The van der Waals surface area contributed by atoms with Crippen molar-refractivity contribution in [2.24, 2.45) is 7.05 Å². The first-order valence-electron chi connectivity index (χ1n) is 8.01. The van der Waals surface area contributed by atoms with Crippen LogP contribution >= 0.6 is 0 Å². The third-order valence-electron chi connectivity index (χ3n) is 4.08. The standard InChI is InChI=1S/C19H15N5O2/c1-24-16-9-7-13(20-19(26)14-8-10-17(25)23-22-14)11-15(16)21-18(24)12-5-3-2-4-6-12/h2-11H,1H3,(H,20,26)(H,23,25). The lowest BCUT2D eigenvalue weighted by molar-refractivity contribution is 0.102. The summed E-state index contributed by atoms with van der Waals surface area (Å²) >= 11 is 0. The highest BCUT2D eigenvalue weighted by Gasteiger charge is 2.12. The van der Waals surface area contributed by atoms with Crippen LogP contribution in [0, 0.1) is 0 Å². The Morgan fingerprint density at radius 3 is 2.62 bits per heavy atom. The van der Waals surface area contributed by atoms with Crippen molar-refractivity contribution in [2.75, 3.05) is 5.32 Å². The van der Waals surface area contributed by atoms with Gasteiger partial charge in [0.15, 0.2) is 0 Å². The molecule has 4 rings (SSSR count). The number of imidazole rings is 1. The molecule has 4 aromatic rings. The molecule has 0 aliphatic heterocycles. The summed E-state index contributed by atoms with van der Waals surface area (Å²) in [6, 6.07) is 18.1. The molecule has 2 aromatic heterocycles. The SMILES string of the molecule is Cn1c(-c2ccccc2)nc2cc(NC(=O)c3ccc(=O)[nH]n3)ccc21. The van der Waals surface area contributed by atoms with Gasteiger partial charge in [0.25, 0.3) is 11.5 Å². The second-order valence-electron chi connectivity index (χ2n) is 5.82. The van der Waals surface area contributed by atoms with Crippen LogP contribution in [0.15, 0.2) is 65.5 Å². The summed E-state index contributed by atoms with van der Waals surface area (Å²) < 4.78 is 2.01. The molecule has 0 saturated heterocycles. The largest absolute Gasteiger partial charge is 0.327 e. The fraction of sp³-hybridized carbons (Fsp3) is 0.0526. The van der Waals surface area contributed by atoms with Gasteiger partial charge in [-0.2, -0.15) is 5.10 Å². The van der Waals surface area contributed by atoms with Crippen molar-refractivity contribution in [3.05, 3.63) is 76.7 Å². The van der Waals surface area contributed by atoms with Crippen LogP contribution in [0.4, 0.5) is 5.69 Å². The van der Waals surface area contributed by atoms with Gasteiger partial charge in [0.05, 0.1) is 11.0 Å². The average molecular weight is 345 g/mol. The third-order valence-corrected chi connectivity index (χ3v) is 4.08. The highest BCUT2D eigenvalue weighted by Crippen LogP contribution is 2.25. The van der Waals surface area contributed by atoms with Gasteiger partial charge in [-0.1, -0.05) is 30.3 Å². The van der Waals surface area contributed by atoms with Crippen molar-refractivity contribution < 1.29 is 4.79 Å². The molecule has 2 aromatic carbocycles. The van der Waals surface area contributed by atoms with Gasteiger partial charge in [-0.3, -0.25) is 9.59 Å². The Labute approximate surface area is 148 Å². The molecule has 2 heterocycles. The molecule has 1 amide bonds. The van der Waals surface area contributed by atoms with E-state index in [1.165, 1.54) is 12.1 Å². The van der Waals surface area contributed by atoms with Crippen LogP contribution in [0.5, 0.6) is 0 Å². The molecule has 0 saturated carbocycles. The molecule has 26 heavy (non-hydrogen) atoms. The van der Waals surface area contributed by atoms with E-state index in [-0.39, 0.29) is 11.3 Å². The van der Waals surface area contributed by atoms with Crippen molar-refractivity contribution in [3.8, 4) is 11.4 Å². The van der Waals surface area contributed by atoms with Gasteiger partial charge in [-0.15, -0.1) is 0 Å². The lowest BCUT2D eigenvalue weighted by Gasteiger charge is -2.04. The van der Waals surface area contributed by atoms with E-state index in [0.717, 1.165) is 22.4 Å². The number of aryl methyl sites for hydroxylation is 1. The molecule has 7 nitrogen and oxygen atoms in total. The second kappa shape index (κ2) is 6.29. The molecule has 0 fully saturated rings. The van der Waals surface area contributed by atoms with Gasteiger partial charge in [0.2, 0.25) is 0 Å². The molecule has 0 unspecified atom stereocenters. The van der Waals surface area contributed by atoms with Crippen LogP contribution < -0.4 is 10.9 Å². The summed E-state index contributed by atoms with van der Waals surface area (Å²) in [6.07, 6.45) is 0. The first-order valence-corrected chi connectivity index (χ1v) is 8.01. The lowest BCUT2D eigenvalue weighted by atomic mass is 10.2. The van der Waals surface area contributed by atoms with E-state index in [2.05, 4.69) is 20.5 Å². The van der Waals surface area contributed by atoms with Crippen LogP contribution in [0.3, 0.4) is 0 Å². The first kappa shape index (κ1) is 15.8. The number of nitrogens with one attached hydrogen (secondary N) is 2. The minimum Gasteiger partial charge on any atom is -0.327 e. The van der Waals surface area contributed by atoms with Crippen LogP contribution in [0.1, 0.15) is 10.5 Å². The molecular formula is C19H15N5O2. The number of hydrogen-bond donors (Lipinski definition) is 2. The van der Waals surface area contributed by atoms with Crippen molar-refractivity contribution in [2.45, 2.75) is 0 Å². The fourth-order valence-electron chi connectivity index (χ4n) is 2.79. The van der Waals surface area contributed by atoms with Crippen molar-refractivity contribution >= 4 is 22.6 Å². The lowest BCUT2D eigenvalue weighted by Crippen LogP contribution is -2.17. The number of aromatic nitrogens is 4. The van der Waals surface area contributed by atoms with E-state index in [4.69, 9.17) is 0 Å². The smallest absolute Gasteiger partial charge is 0.276 e. The van der Waals surface area contributed by atoms with E-state index in [1.807, 2.05) is 60.1 Å². The van der Waals surface area contributed by atoms with Crippen LogP contribution in [-0.2, 0) is 7.05 Å². The van der Waals surface area contributed by atoms with Gasteiger partial charge in [0.1, 0.15) is 11.5 Å². The number of rotatable bonds is 3. The Morgan fingerprint density at radius 1 is 1.08 bits per heavy atom. The van der Waals surface area contributed by atoms with Crippen LogP contribution in [0.2, 0.25) is 0 Å². The second-order valence-corrected chi connectivity index (χ2v) is 5.82. The molecular weight excluding hydrogens is 330 g/mol. The number of fused-ring (bicyclic) bond motifs is 1. The number of carbonyl (C=O) groups excluding carboxylic acids is 1. The Morgan fingerprint density at radius 2 is 1.88 bits per heavy atom. The van der Waals surface area contributed by atoms with E-state index in [1.54, 1.807) is 0 Å². The van der Waals surface area contributed by atoms with Gasteiger partial charge >= 0.3 is 0 Å². The van der Waals surface area contributed by atoms with Crippen molar-refractivity contribution in [1.82, 2.24) is 19.7 Å². The van der Waals surface area contributed by atoms with Gasteiger partial charge < -0.3 is 9.88 Å². The summed E-state index contributed by atoms with van der Waals surface area (Å²) in [5, 5.41) is 8.73. The summed E-state index contributed by atoms with van der Waals surface area (Å²) in [5.41, 5.74) is 3.14. The molecule has 0 atom stereocenters. The van der Waals surface area contributed by atoms with E-state index < -0.39 is 5.91 Å². The minimum absolute atomic E-state index is 0.135. The highest BCUT2D eigenvalue weighted by atomic mass is 16.2. The Kier molecular flexibility index (Phi) is 3.81. The van der Waals surface area contributed by atoms with Crippen LogP contribution in [-0.4, -0.2) is 25.7 Å². The van der Waals surface area contributed by atoms with E-state index in [9.17, 15) is 9.59 Å². The molecule has 0 aliphatic rings. The Bertz CT molecular complexity index is 1140. The van der Waals surface area contributed by atoms with Gasteiger partial charge in [-0.25, -0.2) is 10.1 Å². The molecule has 0 radical (unpaired) electrons. The third kappa shape index (κ3) is 2.86. The average Bonchev–Trinajstić information content (AvgIpc) is 2.99. The predicted molar refractivity (Wildman–Crippen MR) is 99.0 cm³/mol. The maximum atomic E-state index is 12.2. The Hall–Kier alpha value is -3.74. The fourth-order valence-corrected chi connectivity index (χ4v) is 2.79. The highest BCUT2D eigenvalue weighted by molar-refractivity contribution is 6.03. The molecule has 0 bridgehead atoms. The quantitative estimate of drug-likeness (QED) is 0.597. The van der Waals surface area contributed by atoms with Crippen LogP contribution in [0.25, 0.3) is 22.4 Å². The number of aromatic amines is 1. The number of nitrogens with zero attached hydrogens (tertiary/aromatic N) is 3. The van der Waals surface area contributed by atoms with Gasteiger partial charge in [0, 0.05) is 24.4 Å². The van der Waals surface area contributed by atoms with Gasteiger partial charge in [-0.05, 0) is 24.3 Å². The number of benzene rings is 2. The molecule has 7 heteroatoms. The summed E-state index contributed by atoms with van der Waals surface area (Å²) in [7, 11) is 1.96. The number of anilines is 1. The Balaban J connectivity index is 1.66.